The van der Waals surface area contributed by atoms with Gasteiger partial charge in [-0.1, -0.05) is 0 Å². The Balaban J connectivity index is 2.26. The predicted octanol–water partition coefficient (Wildman–Crippen LogP) is 0.228. The number of hydrogen-bond donors (Lipinski definition) is 2. The van der Waals surface area contributed by atoms with E-state index in [9.17, 15) is 14.4 Å². The predicted molar refractivity (Wildman–Crippen MR) is 68.4 cm³/mol. The molecule has 1 aromatic rings. The number of methoxy groups -OCH3 is 2. The fourth-order valence-corrected chi connectivity index (χ4v) is 2.00. The van der Waals surface area contributed by atoms with Crippen molar-refractivity contribution >= 4 is 17.8 Å². The van der Waals surface area contributed by atoms with Crippen LogP contribution in [0.5, 0.6) is 11.5 Å². The lowest BCUT2D eigenvalue weighted by molar-refractivity contribution is -0.135. The number of rotatable bonds is 4. The number of imide groups is 2. The summed E-state index contributed by atoms with van der Waals surface area (Å²) in [7, 11) is 3.01. The van der Waals surface area contributed by atoms with E-state index in [1.165, 1.54) is 14.2 Å². The van der Waals surface area contributed by atoms with Gasteiger partial charge in [-0.3, -0.25) is 20.2 Å². The minimum absolute atomic E-state index is 0.116. The average molecular weight is 278 g/mol. The fraction of sp³-hybridized carbons (Fsp3) is 0.308. The van der Waals surface area contributed by atoms with Gasteiger partial charge in [-0.05, 0) is 30.2 Å². The monoisotopic (exact) mass is 278 g/mol. The topological polar surface area (TPSA) is 93.7 Å². The van der Waals surface area contributed by atoms with E-state index in [0.29, 0.717) is 17.1 Å². The number of carbonyl (C=O) groups is 3. The Morgan fingerprint density at radius 2 is 1.70 bits per heavy atom. The van der Waals surface area contributed by atoms with Crippen LogP contribution in [-0.2, 0) is 16.0 Å². The van der Waals surface area contributed by atoms with Crippen molar-refractivity contribution in [3.63, 3.8) is 0 Å². The quantitative estimate of drug-likeness (QED) is 0.769. The molecule has 1 aliphatic rings. The lowest BCUT2D eigenvalue weighted by atomic mass is 9.95. The molecule has 7 heteroatoms. The van der Waals surface area contributed by atoms with Gasteiger partial charge in [0.2, 0.25) is 11.8 Å². The molecule has 1 heterocycles. The maximum atomic E-state index is 11.7. The van der Waals surface area contributed by atoms with Gasteiger partial charge in [0, 0.05) is 0 Å². The van der Waals surface area contributed by atoms with Crippen molar-refractivity contribution in [2.45, 2.75) is 6.42 Å². The molecule has 0 bridgehead atoms. The summed E-state index contributed by atoms with van der Waals surface area (Å²) in [5.41, 5.74) is 0.650. The molecule has 0 spiro atoms. The average Bonchev–Trinajstić information content (AvgIpc) is 2.42. The number of carbonyl (C=O) groups excluding carboxylic acids is 3. The Morgan fingerprint density at radius 1 is 1.05 bits per heavy atom. The lowest BCUT2D eigenvalue weighted by Gasteiger charge is -2.21. The number of ether oxygens (including phenoxy) is 2. The second-order valence-corrected chi connectivity index (χ2v) is 4.24. The normalized spacial score (nSPS) is 15.6. The van der Waals surface area contributed by atoms with E-state index in [2.05, 4.69) is 10.6 Å². The van der Waals surface area contributed by atoms with Crippen molar-refractivity contribution in [2.24, 2.45) is 5.92 Å². The first-order valence-electron chi connectivity index (χ1n) is 5.91. The van der Waals surface area contributed by atoms with Gasteiger partial charge in [0.05, 0.1) is 14.2 Å². The van der Waals surface area contributed by atoms with Gasteiger partial charge in [-0.15, -0.1) is 0 Å². The van der Waals surface area contributed by atoms with Crippen molar-refractivity contribution in [2.75, 3.05) is 14.2 Å². The summed E-state index contributed by atoms with van der Waals surface area (Å²) in [6.07, 6.45) is 0.116. The molecule has 1 saturated heterocycles. The van der Waals surface area contributed by atoms with E-state index in [0.717, 1.165) is 0 Å². The fourth-order valence-electron chi connectivity index (χ4n) is 2.00. The van der Waals surface area contributed by atoms with Gasteiger partial charge in [-0.25, -0.2) is 4.79 Å². The van der Waals surface area contributed by atoms with E-state index in [1.807, 2.05) is 0 Å². The van der Waals surface area contributed by atoms with Gasteiger partial charge in [0.15, 0.2) is 0 Å². The summed E-state index contributed by atoms with van der Waals surface area (Å²) >= 11 is 0. The molecule has 0 atom stereocenters. The van der Waals surface area contributed by atoms with Gasteiger partial charge in [0.25, 0.3) is 0 Å². The minimum atomic E-state index is -0.978. The zero-order chi connectivity index (χ0) is 14.7. The largest absolute Gasteiger partial charge is 0.497 e. The van der Waals surface area contributed by atoms with Crippen LogP contribution < -0.4 is 20.1 Å². The molecule has 0 saturated carbocycles. The van der Waals surface area contributed by atoms with E-state index in [1.54, 1.807) is 18.2 Å². The molecule has 1 fully saturated rings. The Morgan fingerprint density at radius 3 is 2.25 bits per heavy atom. The van der Waals surface area contributed by atoms with Crippen LogP contribution in [0.4, 0.5) is 4.79 Å². The van der Waals surface area contributed by atoms with Crippen LogP contribution >= 0.6 is 0 Å². The maximum Gasteiger partial charge on any atom is 0.328 e. The first kappa shape index (κ1) is 13.9. The van der Waals surface area contributed by atoms with Crippen molar-refractivity contribution in [3.8, 4) is 11.5 Å². The van der Waals surface area contributed by atoms with Gasteiger partial charge in [-0.2, -0.15) is 0 Å². The van der Waals surface area contributed by atoms with E-state index in [-0.39, 0.29) is 6.42 Å². The van der Waals surface area contributed by atoms with Gasteiger partial charge < -0.3 is 9.47 Å². The van der Waals surface area contributed by atoms with Gasteiger partial charge in [0.1, 0.15) is 17.4 Å². The minimum Gasteiger partial charge on any atom is -0.497 e. The molecule has 1 aromatic carbocycles. The smallest absolute Gasteiger partial charge is 0.328 e. The van der Waals surface area contributed by atoms with E-state index < -0.39 is 23.8 Å². The van der Waals surface area contributed by atoms with Crippen LogP contribution in [0.1, 0.15) is 5.56 Å². The van der Waals surface area contributed by atoms with Gasteiger partial charge >= 0.3 is 6.03 Å². The summed E-state index contributed by atoms with van der Waals surface area (Å²) in [6.45, 7) is 0. The summed E-state index contributed by atoms with van der Waals surface area (Å²) < 4.78 is 10.3. The Labute approximate surface area is 115 Å². The SMILES string of the molecule is COc1ccc(OC)c(CC2C(=O)NC(=O)NC2=O)c1. The number of hydrogen-bond acceptors (Lipinski definition) is 5. The molecule has 4 amide bonds. The molecule has 106 valence electrons. The molecule has 0 unspecified atom stereocenters. The lowest BCUT2D eigenvalue weighted by Crippen LogP contribution is -2.56. The molecule has 20 heavy (non-hydrogen) atoms. The van der Waals surface area contributed by atoms with Crippen LogP contribution in [0.25, 0.3) is 0 Å². The number of urea groups is 1. The zero-order valence-corrected chi connectivity index (χ0v) is 11.1. The van der Waals surface area contributed by atoms with Crippen LogP contribution in [0.15, 0.2) is 18.2 Å². The van der Waals surface area contributed by atoms with Crippen LogP contribution in [0.2, 0.25) is 0 Å². The summed E-state index contributed by atoms with van der Waals surface area (Å²) in [5, 5.41) is 4.13. The molecule has 0 aliphatic carbocycles. The maximum absolute atomic E-state index is 11.7. The zero-order valence-electron chi connectivity index (χ0n) is 11.1. The number of amides is 4. The molecular weight excluding hydrogens is 264 g/mol. The standard InChI is InChI=1S/C13H14N2O5/c1-19-8-3-4-10(20-2)7(5-8)6-9-11(16)14-13(18)15-12(9)17/h3-5,9H,6H2,1-2H3,(H2,14,15,16,17,18). The molecule has 1 aliphatic heterocycles. The Kier molecular flexibility index (Phi) is 3.88. The highest BCUT2D eigenvalue weighted by Crippen LogP contribution is 2.26. The summed E-state index contributed by atoms with van der Waals surface area (Å²) in [4.78, 5) is 34.4. The van der Waals surface area contributed by atoms with Crippen molar-refractivity contribution < 1.29 is 23.9 Å². The van der Waals surface area contributed by atoms with Crippen LogP contribution in [0.3, 0.4) is 0 Å². The number of barbiturate groups is 1. The third kappa shape index (κ3) is 2.71. The van der Waals surface area contributed by atoms with E-state index in [4.69, 9.17) is 9.47 Å². The molecule has 0 aromatic heterocycles. The summed E-state index contributed by atoms with van der Waals surface area (Å²) in [5.74, 6) is -1.09. The Hall–Kier alpha value is -2.57. The third-order valence-electron chi connectivity index (χ3n) is 3.02. The number of benzene rings is 1. The van der Waals surface area contributed by atoms with Crippen molar-refractivity contribution in [3.05, 3.63) is 23.8 Å². The van der Waals surface area contributed by atoms with Crippen LogP contribution in [-0.4, -0.2) is 32.1 Å². The van der Waals surface area contributed by atoms with E-state index >= 15 is 0 Å². The summed E-state index contributed by atoms with van der Waals surface area (Å²) in [6, 6.07) is 4.30. The third-order valence-corrected chi connectivity index (χ3v) is 3.02. The highest BCUT2D eigenvalue weighted by molar-refractivity contribution is 6.16. The first-order valence-corrected chi connectivity index (χ1v) is 5.91. The molecule has 2 N–H and O–H groups in total. The highest BCUT2D eigenvalue weighted by atomic mass is 16.5. The van der Waals surface area contributed by atoms with Crippen molar-refractivity contribution in [1.29, 1.82) is 0 Å². The molecular formula is C13H14N2O5. The Bertz CT molecular complexity index is 550. The second-order valence-electron chi connectivity index (χ2n) is 4.24. The molecule has 0 radical (unpaired) electrons. The van der Waals surface area contributed by atoms with Crippen molar-refractivity contribution in [1.82, 2.24) is 10.6 Å². The molecule has 7 nitrogen and oxygen atoms in total. The second kappa shape index (κ2) is 5.60. The van der Waals surface area contributed by atoms with Crippen LogP contribution in [0, 0.1) is 5.92 Å². The first-order chi connectivity index (χ1) is 9.55. The highest BCUT2D eigenvalue weighted by Gasteiger charge is 2.34. The molecule has 2 rings (SSSR count). The number of nitrogens with one attached hydrogen (secondary N) is 2.